The van der Waals surface area contributed by atoms with Crippen LogP contribution in [0.5, 0.6) is 11.5 Å². The number of halogens is 1. The molecule has 108 valence electrons. The highest BCUT2D eigenvalue weighted by Gasteiger charge is 2.07. The van der Waals surface area contributed by atoms with Crippen molar-refractivity contribution in [2.24, 2.45) is 0 Å². The van der Waals surface area contributed by atoms with Gasteiger partial charge in [0.15, 0.2) is 0 Å². The minimum atomic E-state index is -1.02. The quantitative estimate of drug-likeness (QED) is 0.821. The third-order valence-electron chi connectivity index (χ3n) is 2.94. The number of benzene rings is 2. The molecule has 0 radical (unpaired) electrons. The number of carboxylic acids is 1. The number of carboxylic acid groups (broad SMARTS) is 1. The number of aryl methyl sites for hydroxylation is 2. The van der Waals surface area contributed by atoms with Crippen molar-refractivity contribution in [3.05, 3.63) is 64.2 Å². The van der Waals surface area contributed by atoms with Crippen LogP contribution in [-0.4, -0.2) is 11.1 Å². The van der Waals surface area contributed by atoms with E-state index in [-0.39, 0.29) is 0 Å². The minimum Gasteiger partial charge on any atom is -0.478 e. The van der Waals surface area contributed by atoms with Crippen molar-refractivity contribution < 1.29 is 14.6 Å². The maximum absolute atomic E-state index is 10.7. The Morgan fingerprint density at radius 2 is 1.90 bits per heavy atom. The highest BCUT2D eigenvalue weighted by Crippen LogP contribution is 2.31. The molecule has 0 unspecified atom stereocenters. The molecule has 0 bridgehead atoms. The molecule has 1 N–H and O–H groups in total. The van der Waals surface area contributed by atoms with Gasteiger partial charge in [-0.05, 0) is 55.3 Å². The topological polar surface area (TPSA) is 46.5 Å². The summed E-state index contributed by atoms with van der Waals surface area (Å²) in [6.45, 7) is 3.94. The van der Waals surface area contributed by atoms with Gasteiger partial charge in [-0.2, -0.15) is 0 Å². The first kappa shape index (κ1) is 15.1. The fraction of sp³-hybridized carbons (Fsp3) is 0.118. The Labute approximate surface area is 128 Å². The van der Waals surface area contributed by atoms with Crippen LogP contribution in [0, 0.1) is 13.8 Å². The largest absolute Gasteiger partial charge is 0.478 e. The predicted octanol–water partition coefficient (Wildman–Crippen LogP) is 4.85. The molecule has 2 rings (SSSR count). The first-order chi connectivity index (χ1) is 9.95. The molecule has 0 aliphatic carbocycles. The Hall–Kier alpha value is -2.26. The van der Waals surface area contributed by atoms with E-state index in [1.807, 2.05) is 32.0 Å². The summed E-state index contributed by atoms with van der Waals surface area (Å²) in [5.74, 6) is 0.278. The number of ether oxygens (including phenoxy) is 1. The average molecular weight is 303 g/mol. The van der Waals surface area contributed by atoms with E-state index in [1.165, 1.54) is 6.08 Å². The van der Waals surface area contributed by atoms with E-state index in [9.17, 15) is 4.79 Å². The molecule has 2 aromatic rings. The van der Waals surface area contributed by atoms with Gasteiger partial charge in [0.1, 0.15) is 11.5 Å². The van der Waals surface area contributed by atoms with Crippen LogP contribution in [-0.2, 0) is 4.79 Å². The van der Waals surface area contributed by atoms with Crippen LogP contribution in [0.4, 0.5) is 0 Å². The zero-order chi connectivity index (χ0) is 15.4. The fourth-order valence-corrected chi connectivity index (χ4v) is 2.02. The van der Waals surface area contributed by atoms with Crippen molar-refractivity contribution in [1.29, 1.82) is 0 Å². The van der Waals surface area contributed by atoms with Gasteiger partial charge in [0.2, 0.25) is 0 Å². The third kappa shape index (κ3) is 4.10. The Morgan fingerprint density at radius 3 is 2.62 bits per heavy atom. The third-order valence-corrected chi connectivity index (χ3v) is 3.18. The van der Waals surface area contributed by atoms with Crippen LogP contribution in [0.2, 0.25) is 5.02 Å². The molecule has 0 amide bonds. The molecular weight excluding hydrogens is 288 g/mol. The lowest BCUT2D eigenvalue weighted by atomic mass is 10.1. The van der Waals surface area contributed by atoms with E-state index in [0.29, 0.717) is 16.3 Å². The lowest BCUT2D eigenvalue weighted by Crippen LogP contribution is -1.92. The van der Waals surface area contributed by atoms with Gasteiger partial charge in [0.25, 0.3) is 0 Å². The van der Waals surface area contributed by atoms with Gasteiger partial charge < -0.3 is 9.84 Å². The summed E-state index contributed by atoms with van der Waals surface area (Å²) >= 11 is 5.95. The van der Waals surface area contributed by atoms with E-state index < -0.39 is 5.97 Å². The van der Waals surface area contributed by atoms with E-state index >= 15 is 0 Å². The van der Waals surface area contributed by atoms with Crippen LogP contribution in [0.3, 0.4) is 0 Å². The smallest absolute Gasteiger partial charge is 0.328 e. The molecule has 0 aliphatic rings. The molecule has 0 aromatic heterocycles. The Balaban J connectivity index is 2.39. The number of carbonyl (C=O) groups is 1. The number of aliphatic carboxylic acids is 1. The molecular formula is C17H15ClO3. The molecule has 0 atom stereocenters. The van der Waals surface area contributed by atoms with Crippen LogP contribution in [0.1, 0.15) is 16.7 Å². The number of hydrogen-bond acceptors (Lipinski definition) is 2. The van der Waals surface area contributed by atoms with Crippen molar-refractivity contribution in [3.8, 4) is 11.5 Å². The zero-order valence-corrected chi connectivity index (χ0v) is 12.5. The lowest BCUT2D eigenvalue weighted by Gasteiger charge is -2.12. The first-order valence-corrected chi connectivity index (χ1v) is 6.79. The van der Waals surface area contributed by atoms with Crippen molar-refractivity contribution in [2.75, 3.05) is 0 Å². The summed E-state index contributed by atoms with van der Waals surface area (Å²) in [4.78, 5) is 10.7. The van der Waals surface area contributed by atoms with Crippen LogP contribution < -0.4 is 4.74 Å². The van der Waals surface area contributed by atoms with E-state index in [4.69, 9.17) is 21.4 Å². The molecule has 0 heterocycles. The summed E-state index contributed by atoms with van der Waals surface area (Å²) in [5.41, 5.74) is 2.71. The summed E-state index contributed by atoms with van der Waals surface area (Å²) in [6, 6.07) is 11.0. The number of hydrogen-bond donors (Lipinski definition) is 1. The Kier molecular flexibility index (Phi) is 4.66. The molecule has 0 aliphatic heterocycles. The standard InChI is InChI=1S/C17H15ClO3/c1-11-3-4-12(2)16(9-11)21-15-7-6-14(18)10-13(15)5-8-17(19)20/h3-10H,1-2H3,(H,19,20)/b8-5+. The minimum absolute atomic E-state index is 0.522. The maximum Gasteiger partial charge on any atom is 0.328 e. The van der Waals surface area contributed by atoms with Crippen molar-refractivity contribution in [3.63, 3.8) is 0 Å². The summed E-state index contributed by atoms with van der Waals surface area (Å²) in [5, 5.41) is 9.27. The van der Waals surface area contributed by atoms with Gasteiger partial charge in [0.05, 0.1) is 0 Å². The molecule has 21 heavy (non-hydrogen) atoms. The van der Waals surface area contributed by atoms with Crippen molar-refractivity contribution in [1.82, 2.24) is 0 Å². The van der Waals surface area contributed by atoms with Gasteiger partial charge in [-0.1, -0.05) is 23.7 Å². The monoisotopic (exact) mass is 302 g/mol. The average Bonchev–Trinajstić information content (AvgIpc) is 2.43. The van der Waals surface area contributed by atoms with E-state index in [1.54, 1.807) is 18.2 Å². The van der Waals surface area contributed by atoms with Gasteiger partial charge in [0, 0.05) is 16.7 Å². The SMILES string of the molecule is Cc1ccc(C)c(Oc2ccc(Cl)cc2/C=C/C(=O)O)c1. The molecule has 0 saturated carbocycles. The molecule has 0 fully saturated rings. The zero-order valence-electron chi connectivity index (χ0n) is 11.8. The molecule has 2 aromatic carbocycles. The summed E-state index contributed by atoms with van der Waals surface area (Å²) in [7, 11) is 0. The van der Waals surface area contributed by atoms with E-state index in [2.05, 4.69) is 0 Å². The fourth-order valence-electron chi connectivity index (χ4n) is 1.84. The van der Waals surface area contributed by atoms with Crippen LogP contribution in [0.25, 0.3) is 6.08 Å². The van der Waals surface area contributed by atoms with Crippen molar-refractivity contribution in [2.45, 2.75) is 13.8 Å². The van der Waals surface area contributed by atoms with Gasteiger partial charge in [-0.25, -0.2) is 4.79 Å². The van der Waals surface area contributed by atoms with Gasteiger partial charge in [-0.15, -0.1) is 0 Å². The first-order valence-electron chi connectivity index (χ1n) is 6.41. The maximum atomic E-state index is 10.7. The highest BCUT2D eigenvalue weighted by atomic mass is 35.5. The second-order valence-electron chi connectivity index (χ2n) is 4.72. The molecule has 0 saturated heterocycles. The second kappa shape index (κ2) is 6.46. The molecule has 3 nitrogen and oxygen atoms in total. The van der Waals surface area contributed by atoms with Gasteiger partial charge >= 0.3 is 5.97 Å². The summed E-state index contributed by atoms with van der Waals surface area (Å²) < 4.78 is 5.91. The van der Waals surface area contributed by atoms with Crippen LogP contribution in [0.15, 0.2) is 42.5 Å². The van der Waals surface area contributed by atoms with E-state index in [0.717, 1.165) is 23.0 Å². The van der Waals surface area contributed by atoms with Crippen molar-refractivity contribution >= 4 is 23.6 Å². The summed E-state index contributed by atoms with van der Waals surface area (Å²) in [6.07, 6.45) is 2.52. The van der Waals surface area contributed by atoms with Gasteiger partial charge in [-0.3, -0.25) is 0 Å². The molecule has 4 heteroatoms. The normalized spacial score (nSPS) is 10.8. The predicted molar refractivity (Wildman–Crippen MR) is 84.1 cm³/mol. The number of rotatable bonds is 4. The lowest BCUT2D eigenvalue weighted by molar-refractivity contribution is -0.131. The second-order valence-corrected chi connectivity index (χ2v) is 5.16. The van der Waals surface area contributed by atoms with Crippen LogP contribution >= 0.6 is 11.6 Å². The highest BCUT2D eigenvalue weighted by molar-refractivity contribution is 6.30. The Bertz CT molecular complexity index is 705. The Morgan fingerprint density at radius 1 is 1.14 bits per heavy atom. The molecule has 0 spiro atoms.